The molecule has 142 valence electrons. The number of carbonyl (C=O) groups is 2. The molecule has 1 aromatic carbocycles. The fourth-order valence-electron chi connectivity index (χ4n) is 2.88. The summed E-state index contributed by atoms with van der Waals surface area (Å²) in [5.74, 6) is 0.351. The predicted octanol–water partition coefficient (Wildman–Crippen LogP) is 3.29. The van der Waals surface area contributed by atoms with Gasteiger partial charge in [0, 0.05) is 15.7 Å². The predicted molar refractivity (Wildman–Crippen MR) is 100 cm³/mol. The zero-order valence-corrected chi connectivity index (χ0v) is 17.0. The van der Waals surface area contributed by atoms with Gasteiger partial charge in [-0.15, -0.1) is 0 Å². The lowest BCUT2D eigenvalue weighted by atomic mass is 9.91. The van der Waals surface area contributed by atoms with Crippen molar-refractivity contribution < 1.29 is 23.8 Å². The number of halogens is 1. The van der Waals surface area contributed by atoms with Gasteiger partial charge >= 0.3 is 12.0 Å². The number of rotatable bonds is 6. The molecule has 0 fully saturated rings. The van der Waals surface area contributed by atoms with Crippen LogP contribution in [0.4, 0.5) is 4.79 Å². The molecule has 1 atom stereocenters. The van der Waals surface area contributed by atoms with Crippen molar-refractivity contribution in [1.29, 1.82) is 0 Å². The van der Waals surface area contributed by atoms with Gasteiger partial charge in [-0.3, -0.25) is 0 Å². The van der Waals surface area contributed by atoms with Crippen molar-refractivity contribution in [3.63, 3.8) is 0 Å². The van der Waals surface area contributed by atoms with E-state index in [0.717, 1.165) is 4.47 Å². The van der Waals surface area contributed by atoms with Crippen molar-refractivity contribution in [2.24, 2.45) is 5.92 Å². The van der Waals surface area contributed by atoms with E-state index in [1.807, 2.05) is 13.8 Å². The number of ether oxygens (including phenoxy) is 3. The molecule has 2 N–H and O–H groups in total. The third-order valence-electron chi connectivity index (χ3n) is 3.96. The molecule has 2 rings (SSSR count). The quantitative estimate of drug-likeness (QED) is 0.681. The highest BCUT2D eigenvalue weighted by atomic mass is 79.9. The second-order valence-corrected chi connectivity index (χ2v) is 6.88. The van der Waals surface area contributed by atoms with E-state index in [0.29, 0.717) is 28.3 Å². The summed E-state index contributed by atoms with van der Waals surface area (Å²) in [5.41, 5.74) is 1.47. The van der Waals surface area contributed by atoms with E-state index >= 15 is 0 Å². The fourth-order valence-corrected chi connectivity index (χ4v) is 3.34. The molecule has 1 unspecified atom stereocenters. The number of amides is 2. The summed E-state index contributed by atoms with van der Waals surface area (Å²) >= 11 is 3.43. The Morgan fingerprint density at radius 2 is 1.96 bits per heavy atom. The van der Waals surface area contributed by atoms with Crippen molar-refractivity contribution in [2.75, 3.05) is 20.8 Å². The minimum absolute atomic E-state index is 0.0806. The van der Waals surface area contributed by atoms with E-state index in [1.165, 1.54) is 14.2 Å². The first-order chi connectivity index (χ1) is 12.3. The number of urea groups is 1. The third kappa shape index (κ3) is 3.95. The van der Waals surface area contributed by atoms with Crippen molar-refractivity contribution in [3.05, 3.63) is 33.4 Å². The first-order valence-corrected chi connectivity index (χ1v) is 9.03. The monoisotopic (exact) mass is 426 g/mol. The normalized spacial score (nSPS) is 16.9. The van der Waals surface area contributed by atoms with Gasteiger partial charge in [0.1, 0.15) is 0 Å². The summed E-state index contributed by atoms with van der Waals surface area (Å²) in [4.78, 5) is 24.9. The molecule has 1 aliphatic rings. The SMILES string of the molecule is CCOC(=O)C1=C(C(C)C)NC(=O)NC1c1cc(Br)cc(OC)c1OC. The van der Waals surface area contributed by atoms with E-state index in [2.05, 4.69) is 26.6 Å². The first-order valence-electron chi connectivity index (χ1n) is 8.24. The molecule has 0 saturated carbocycles. The van der Waals surface area contributed by atoms with Crippen LogP contribution in [-0.2, 0) is 9.53 Å². The van der Waals surface area contributed by atoms with Crippen LogP contribution in [0.2, 0.25) is 0 Å². The molecular weight excluding hydrogens is 404 g/mol. The van der Waals surface area contributed by atoms with Gasteiger partial charge in [-0.1, -0.05) is 29.8 Å². The van der Waals surface area contributed by atoms with Gasteiger partial charge < -0.3 is 24.8 Å². The smallest absolute Gasteiger partial charge is 0.338 e. The summed E-state index contributed by atoms with van der Waals surface area (Å²) in [6.07, 6.45) is 0. The largest absolute Gasteiger partial charge is 0.493 e. The highest BCUT2D eigenvalue weighted by Crippen LogP contribution is 2.42. The lowest BCUT2D eigenvalue weighted by molar-refractivity contribution is -0.139. The van der Waals surface area contributed by atoms with Gasteiger partial charge in [-0.25, -0.2) is 9.59 Å². The number of carbonyl (C=O) groups excluding carboxylic acids is 2. The lowest BCUT2D eigenvalue weighted by Gasteiger charge is -2.32. The number of hydrogen-bond donors (Lipinski definition) is 2. The van der Waals surface area contributed by atoms with E-state index in [9.17, 15) is 9.59 Å². The minimum atomic E-state index is -0.735. The average molecular weight is 427 g/mol. The number of esters is 1. The molecule has 0 aromatic heterocycles. The molecule has 1 aromatic rings. The fraction of sp³-hybridized carbons (Fsp3) is 0.444. The first kappa shape index (κ1) is 20.1. The molecule has 0 bridgehead atoms. The summed E-state index contributed by atoms with van der Waals surface area (Å²) in [7, 11) is 3.03. The maximum Gasteiger partial charge on any atom is 0.338 e. The van der Waals surface area contributed by atoms with Crippen molar-refractivity contribution in [3.8, 4) is 11.5 Å². The molecular formula is C18H23BrN2O5. The number of hydrogen-bond acceptors (Lipinski definition) is 5. The van der Waals surface area contributed by atoms with Crippen LogP contribution in [0, 0.1) is 5.92 Å². The van der Waals surface area contributed by atoms with Crippen LogP contribution in [-0.4, -0.2) is 32.8 Å². The van der Waals surface area contributed by atoms with Crippen molar-refractivity contribution in [1.82, 2.24) is 10.6 Å². The topological polar surface area (TPSA) is 85.9 Å². The standard InChI is InChI=1S/C18H23BrN2O5/c1-6-26-17(22)13-14(9(2)3)20-18(23)21-15(13)11-7-10(19)8-12(24-4)16(11)25-5/h7-9,15H,6H2,1-5H3,(H2,20,21,23). The maximum absolute atomic E-state index is 12.7. The van der Waals surface area contributed by atoms with Gasteiger partial charge in [0.15, 0.2) is 11.5 Å². The highest BCUT2D eigenvalue weighted by Gasteiger charge is 2.37. The van der Waals surface area contributed by atoms with Crippen LogP contribution in [0.3, 0.4) is 0 Å². The third-order valence-corrected chi connectivity index (χ3v) is 4.42. The Morgan fingerprint density at radius 1 is 1.27 bits per heavy atom. The van der Waals surface area contributed by atoms with Crippen LogP contribution < -0.4 is 20.1 Å². The number of allylic oxidation sites excluding steroid dienone is 1. The van der Waals surface area contributed by atoms with Crippen molar-refractivity contribution >= 4 is 27.9 Å². The summed E-state index contributed by atoms with van der Waals surface area (Å²) in [6, 6.07) is 2.41. The Balaban J connectivity index is 2.72. The van der Waals surface area contributed by atoms with E-state index in [-0.39, 0.29) is 12.5 Å². The molecule has 1 heterocycles. The Hall–Kier alpha value is -2.22. The molecule has 0 radical (unpaired) electrons. The molecule has 2 amide bonds. The second kappa shape index (κ2) is 8.44. The van der Waals surface area contributed by atoms with Crippen LogP contribution in [0.25, 0.3) is 0 Å². The number of benzene rings is 1. The van der Waals surface area contributed by atoms with Crippen LogP contribution in [0.5, 0.6) is 11.5 Å². The summed E-state index contributed by atoms with van der Waals surface area (Å²) < 4.78 is 16.8. The maximum atomic E-state index is 12.7. The Kier molecular flexibility index (Phi) is 6.52. The van der Waals surface area contributed by atoms with Crippen molar-refractivity contribution in [2.45, 2.75) is 26.8 Å². The van der Waals surface area contributed by atoms with Gasteiger partial charge in [0.25, 0.3) is 0 Å². The van der Waals surface area contributed by atoms with Gasteiger partial charge in [-0.05, 0) is 25.0 Å². The molecule has 7 nitrogen and oxygen atoms in total. The number of methoxy groups -OCH3 is 2. The Labute approximate surface area is 161 Å². The summed E-state index contributed by atoms with van der Waals surface area (Å²) in [5, 5.41) is 5.53. The van der Waals surface area contributed by atoms with Crippen LogP contribution in [0.15, 0.2) is 27.9 Å². The van der Waals surface area contributed by atoms with E-state index in [1.54, 1.807) is 19.1 Å². The highest BCUT2D eigenvalue weighted by molar-refractivity contribution is 9.10. The molecule has 26 heavy (non-hydrogen) atoms. The molecule has 0 spiro atoms. The Morgan fingerprint density at radius 3 is 2.50 bits per heavy atom. The zero-order chi connectivity index (χ0) is 19.4. The van der Waals surface area contributed by atoms with Gasteiger partial charge in [-0.2, -0.15) is 0 Å². The Bertz CT molecular complexity index is 745. The molecule has 0 saturated heterocycles. The molecule has 0 aliphatic carbocycles. The van der Waals surface area contributed by atoms with Gasteiger partial charge in [0.05, 0.1) is 32.4 Å². The average Bonchev–Trinajstić information content (AvgIpc) is 2.60. The molecule has 1 aliphatic heterocycles. The zero-order valence-electron chi connectivity index (χ0n) is 15.4. The van der Waals surface area contributed by atoms with Crippen LogP contribution in [0.1, 0.15) is 32.4 Å². The lowest BCUT2D eigenvalue weighted by Crippen LogP contribution is -2.47. The van der Waals surface area contributed by atoms with Crippen LogP contribution >= 0.6 is 15.9 Å². The minimum Gasteiger partial charge on any atom is -0.493 e. The van der Waals surface area contributed by atoms with E-state index < -0.39 is 18.0 Å². The number of nitrogens with one attached hydrogen (secondary N) is 2. The molecule has 8 heteroatoms. The van der Waals surface area contributed by atoms with Gasteiger partial charge in [0.2, 0.25) is 0 Å². The second-order valence-electron chi connectivity index (χ2n) is 5.96. The van der Waals surface area contributed by atoms with E-state index in [4.69, 9.17) is 14.2 Å². The summed E-state index contributed by atoms with van der Waals surface area (Å²) in [6.45, 7) is 5.76.